The largest absolute Gasteiger partial charge is 0.206 e. The van der Waals surface area contributed by atoms with E-state index in [1.165, 1.54) is 63.5 Å². The van der Waals surface area contributed by atoms with E-state index in [0.717, 1.165) is 37.0 Å². The van der Waals surface area contributed by atoms with Crippen LogP contribution in [0.3, 0.4) is 0 Å². The Morgan fingerprint density at radius 3 is 2.00 bits per heavy atom. The van der Waals surface area contributed by atoms with Crippen molar-refractivity contribution >= 4 is 0 Å². The Morgan fingerprint density at radius 2 is 1.48 bits per heavy atom. The van der Waals surface area contributed by atoms with Gasteiger partial charge in [0.1, 0.15) is 11.6 Å². The van der Waals surface area contributed by atoms with Gasteiger partial charge in [0.2, 0.25) is 0 Å². The minimum Gasteiger partial charge on any atom is -0.206 e. The predicted molar refractivity (Wildman–Crippen MR) is 118 cm³/mol. The number of benzene rings is 1. The van der Waals surface area contributed by atoms with Crippen molar-refractivity contribution in [3.8, 4) is 11.8 Å². The fourth-order valence-corrected chi connectivity index (χ4v) is 5.13. The maximum atomic E-state index is 14.2. The summed E-state index contributed by atoms with van der Waals surface area (Å²) in [5.74, 6) is 7.71. The third kappa shape index (κ3) is 6.43. The van der Waals surface area contributed by atoms with Gasteiger partial charge in [-0.05, 0) is 93.2 Å². The highest BCUT2D eigenvalue weighted by molar-refractivity contribution is 5.39. The van der Waals surface area contributed by atoms with Gasteiger partial charge in [0.15, 0.2) is 0 Å². The third-order valence-corrected chi connectivity index (χ3v) is 7.10. The van der Waals surface area contributed by atoms with E-state index in [-0.39, 0.29) is 11.5 Å². The van der Waals surface area contributed by atoms with Crippen LogP contribution in [0.25, 0.3) is 0 Å². The summed E-state index contributed by atoms with van der Waals surface area (Å²) >= 11 is 0. The second kappa shape index (κ2) is 11.0. The van der Waals surface area contributed by atoms with Gasteiger partial charge in [-0.1, -0.05) is 44.1 Å². The highest BCUT2D eigenvalue weighted by atomic mass is 19.1. The zero-order valence-corrected chi connectivity index (χ0v) is 18.0. The van der Waals surface area contributed by atoms with Gasteiger partial charge in [-0.25, -0.2) is 8.78 Å². The molecule has 0 bridgehead atoms. The molecule has 0 aromatic heterocycles. The van der Waals surface area contributed by atoms with Gasteiger partial charge < -0.3 is 0 Å². The molecule has 0 nitrogen and oxygen atoms in total. The van der Waals surface area contributed by atoms with Gasteiger partial charge in [-0.3, -0.25) is 0 Å². The summed E-state index contributed by atoms with van der Waals surface area (Å²) in [6, 6.07) is 2.88. The molecule has 0 spiro atoms. The molecule has 0 amide bonds. The molecule has 2 saturated carbocycles. The van der Waals surface area contributed by atoms with Gasteiger partial charge in [0, 0.05) is 5.92 Å². The number of aryl methyl sites for hydroxylation is 1. The van der Waals surface area contributed by atoms with E-state index in [0.29, 0.717) is 12.0 Å². The van der Waals surface area contributed by atoms with Crippen LogP contribution in [0.5, 0.6) is 0 Å². The zero-order chi connectivity index (χ0) is 20.6. The zero-order valence-electron chi connectivity index (χ0n) is 18.0. The second-order valence-corrected chi connectivity index (χ2v) is 9.27. The standard InChI is InChI=1S/C27H36F2/c1-3-5-24-18-26(28)25(27(29)19-24)17-16-23-14-12-22(13-15-23)11-10-21-8-6-20(4-2)7-9-21/h4,18-23H,2-3,5-15H2,1H3/t20-,21-,22-,23-. The lowest BCUT2D eigenvalue weighted by Crippen LogP contribution is -2.17. The lowest BCUT2D eigenvalue weighted by molar-refractivity contribution is 0.243. The maximum absolute atomic E-state index is 14.2. The van der Waals surface area contributed by atoms with Crippen LogP contribution in [0.2, 0.25) is 0 Å². The summed E-state index contributed by atoms with van der Waals surface area (Å²) < 4.78 is 28.5. The lowest BCUT2D eigenvalue weighted by atomic mass is 9.76. The van der Waals surface area contributed by atoms with Crippen molar-refractivity contribution in [3.63, 3.8) is 0 Å². The normalized spacial score (nSPS) is 27.1. The molecule has 29 heavy (non-hydrogen) atoms. The van der Waals surface area contributed by atoms with Crippen molar-refractivity contribution in [1.29, 1.82) is 0 Å². The number of hydrogen-bond donors (Lipinski definition) is 0. The fraction of sp³-hybridized carbons (Fsp3) is 0.630. The Balaban J connectivity index is 1.44. The first kappa shape index (κ1) is 22.1. The van der Waals surface area contributed by atoms with Crippen molar-refractivity contribution in [2.45, 2.75) is 84.0 Å². The van der Waals surface area contributed by atoms with E-state index in [4.69, 9.17) is 0 Å². The van der Waals surface area contributed by atoms with Crippen molar-refractivity contribution in [2.75, 3.05) is 0 Å². The van der Waals surface area contributed by atoms with Crippen LogP contribution in [-0.4, -0.2) is 0 Å². The van der Waals surface area contributed by atoms with Gasteiger partial charge in [-0.15, -0.1) is 6.58 Å². The molecule has 2 aliphatic carbocycles. The quantitative estimate of drug-likeness (QED) is 0.338. The summed E-state index contributed by atoms with van der Waals surface area (Å²) in [6.45, 7) is 5.95. The van der Waals surface area contributed by atoms with Crippen LogP contribution >= 0.6 is 0 Å². The molecular weight excluding hydrogens is 362 g/mol. The number of halogens is 2. The SMILES string of the molecule is C=C[C@H]1CC[C@H](CC[C@H]2CC[C@H](C#Cc3c(F)cc(CCC)cc3F)CC2)CC1. The van der Waals surface area contributed by atoms with E-state index in [1.54, 1.807) is 0 Å². The summed E-state index contributed by atoms with van der Waals surface area (Å²) in [6.07, 6.45) is 16.3. The van der Waals surface area contributed by atoms with Gasteiger partial charge in [-0.2, -0.15) is 0 Å². The number of hydrogen-bond acceptors (Lipinski definition) is 0. The highest BCUT2D eigenvalue weighted by Crippen LogP contribution is 2.36. The fourth-order valence-electron chi connectivity index (χ4n) is 5.13. The molecule has 2 heteroatoms. The molecule has 158 valence electrons. The number of allylic oxidation sites excluding steroid dienone is 1. The Kier molecular flexibility index (Phi) is 8.34. The van der Waals surface area contributed by atoms with Gasteiger partial charge in [0.25, 0.3) is 0 Å². The first-order valence-corrected chi connectivity index (χ1v) is 11.7. The molecule has 0 unspecified atom stereocenters. The van der Waals surface area contributed by atoms with Crippen LogP contribution in [0, 0.1) is 47.1 Å². The minimum atomic E-state index is -0.513. The topological polar surface area (TPSA) is 0 Å². The molecule has 3 rings (SSSR count). The minimum absolute atomic E-state index is 0.0536. The van der Waals surface area contributed by atoms with Crippen LogP contribution in [0.15, 0.2) is 24.8 Å². The molecular formula is C27H36F2. The maximum Gasteiger partial charge on any atom is 0.142 e. The second-order valence-electron chi connectivity index (χ2n) is 9.27. The van der Waals surface area contributed by atoms with Crippen LogP contribution < -0.4 is 0 Å². The Bertz CT molecular complexity index is 700. The summed E-state index contributed by atoms with van der Waals surface area (Å²) in [4.78, 5) is 0. The third-order valence-electron chi connectivity index (χ3n) is 7.10. The monoisotopic (exact) mass is 398 g/mol. The molecule has 2 fully saturated rings. The molecule has 0 radical (unpaired) electrons. The van der Waals surface area contributed by atoms with E-state index in [9.17, 15) is 8.78 Å². The molecule has 0 N–H and O–H groups in total. The summed E-state index contributed by atoms with van der Waals surface area (Å²) in [5.41, 5.74) is 0.661. The first-order chi connectivity index (χ1) is 14.1. The van der Waals surface area contributed by atoms with Crippen molar-refractivity contribution in [1.82, 2.24) is 0 Å². The predicted octanol–water partition coefficient (Wildman–Crippen LogP) is 7.85. The first-order valence-electron chi connectivity index (χ1n) is 11.7. The van der Waals surface area contributed by atoms with E-state index in [2.05, 4.69) is 24.5 Å². The summed E-state index contributed by atoms with van der Waals surface area (Å²) in [7, 11) is 0. The van der Waals surface area contributed by atoms with E-state index in [1.807, 2.05) is 6.92 Å². The molecule has 1 aromatic rings. The average molecular weight is 399 g/mol. The van der Waals surface area contributed by atoms with Crippen molar-refractivity contribution < 1.29 is 8.78 Å². The Morgan fingerprint density at radius 1 is 0.931 bits per heavy atom. The van der Waals surface area contributed by atoms with Crippen molar-refractivity contribution in [2.24, 2.45) is 23.7 Å². The molecule has 1 aromatic carbocycles. The van der Waals surface area contributed by atoms with Crippen LogP contribution in [0.1, 0.15) is 88.7 Å². The Labute approximate surface area is 176 Å². The molecule has 0 heterocycles. The highest BCUT2D eigenvalue weighted by Gasteiger charge is 2.23. The van der Waals surface area contributed by atoms with Crippen LogP contribution in [0.4, 0.5) is 8.78 Å². The van der Waals surface area contributed by atoms with Crippen molar-refractivity contribution in [3.05, 3.63) is 47.5 Å². The van der Waals surface area contributed by atoms with E-state index >= 15 is 0 Å². The Hall–Kier alpha value is -1.62. The molecule has 0 atom stereocenters. The molecule has 2 aliphatic rings. The van der Waals surface area contributed by atoms with Gasteiger partial charge >= 0.3 is 0 Å². The number of rotatable bonds is 6. The van der Waals surface area contributed by atoms with E-state index < -0.39 is 11.6 Å². The average Bonchev–Trinajstić information content (AvgIpc) is 2.73. The smallest absolute Gasteiger partial charge is 0.142 e. The molecule has 0 saturated heterocycles. The lowest BCUT2D eigenvalue weighted by Gasteiger charge is -2.30. The van der Waals surface area contributed by atoms with Crippen LogP contribution in [-0.2, 0) is 6.42 Å². The summed E-state index contributed by atoms with van der Waals surface area (Å²) in [5, 5.41) is 0. The van der Waals surface area contributed by atoms with Gasteiger partial charge in [0.05, 0.1) is 5.56 Å². The molecule has 0 aliphatic heterocycles.